The third-order valence-corrected chi connectivity index (χ3v) is 4.79. The van der Waals surface area contributed by atoms with Gasteiger partial charge in [-0.15, -0.1) is 0 Å². The van der Waals surface area contributed by atoms with Crippen LogP contribution in [0.3, 0.4) is 0 Å². The van der Waals surface area contributed by atoms with E-state index in [2.05, 4.69) is 12.2 Å². The van der Waals surface area contributed by atoms with Crippen molar-refractivity contribution >= 4 is 11.9 Å². The average molecular weight is 253 g/mol. The molecule has 0 bridgehead atoms. The van der Waals surface area contributed by atoms with Gasteiger partial charge in [0.25, 0.3) is 0 Å². The largest absolute Gasteiger partial charge is 0.481 e. The van der Waals surface area contributed by atoms with Gasteiger partial charge in [-0.05, 0) is 32.1 Å². The minimum absolute atomic E-state index is 0.0870. The van der Waals surface area contributed by atoms with Gasteiger partial charge in [0.2, 0.25) is 5.91 Å². The van der Waals surface area contributed by atoms with E-state index in [9.17, 15) is 9.59 Å². The fourth-order valence-electron chi connectivity index (χ4n) is 3.25. The molecule has 2 fully saturated rings. The molecule has 0 aliphatic heterocycles. The van der Waals surface area contributed by atoms with Crippen molar-refractivity contribution in [1.29, 1.82) is 0 Å². The molecule has 0 aromatic rings. The molecule has 0 unspecified atom stereocenters. The summed E-state index contributed by atoms with van der Waals surface area (Å²) >= 11 is 0. The number of nitrogens with one attached hydrogen (secondary N) is 1. The number of rotatable bonds is 4. The molecular formula is C14H23NO3. The highest BCUT2D eigenvalue weighted by molar-refractivity contribution is 5.83. The van der Waals surface area contributed by atoms with E-state index in [1.807, 2.05) is 0 Å². The Bertz CT molecular complexity index is 328. The van der Waals surface area contributed by atoms with Crippen molar-refractivity contribution in [2.45, 2.75) is 64.3 Å². The summed E-state index contributed by atoms with van der Waals surface area (Å²) < 4.78 is 0. The summed E-state index contributed by atoms with van der Waals surface area (Å²) in [5.41, 5.74) is -0.174. The zero-order valence-electron chi connectivity index (χ0n) is 11.1. The van der Waals surface area contributed by atoms with Crippen LogP contribution in [-0.4, -0.2) is 23.0 Å². The zero-order valence-corrected chi connectivity index (χ0v) is 11.1. The van der Waals surface area contributed by atoms with E-state index < -0.39 is 5.97 Å². The molecule has 0 spiro atoms. The van der Waals surface area contributed by atoms with Crippen LogP contribution in [0.1, 0.15) is 58.3 Å². The highest BCUT2D eigenvalue weighted by atomic mass is 16.4. The van der Waals surface area contributed by atoms with Crippen LogP contribution in [0.2, 0.25) is 0 Å². The lowest BCUT2D eigenvalue weighted by molar-refractivity contribution is -0.147. The van der Waals surface area contributed by atoms with Crippen LogP contribution >= 0.6 is 0 Å². The lowest BCUT2D eigenvalue weighted by atomic mass is 9.70. The second-order valence-corrected chi connectivity index (χ2v) is 5.87. The third kappa shape index (κ3) is 2.52. The number of hydrogen-bond acceptors (Lipinski definition) is 2. The first-order chi connectivity index (χ1) is 8.57. The average Bonchev–Trinajstić information content (AvgIpc) is 2.33. The maximum Gasteiger partial charge on any atom is 0.306 e. The number of hydrogen-bond donors (Lipinski definition) is 2. The molecule has 0 radical (unpaired) electrons. The van der Waals surface area contributed by atoms with Gasteiger partial charge >= 0.3 is 5.97 Å². The Morgan fingerprint density at radius 1 is 1.22 bits per heavy atom. The molecule has 0 heterocycles. The predicted molar refractivity (Wildman–Crippen MR) is 68.1 cm³/mol. The van der Waals surface area contributed by atoms with E-state index in [1.54, 1.807) is 0 Å². The van der Waals surface area contributed by atoms with Crippen LogP contribution in [0.15, 0.2) is 0 Å². The van der Waals surface area contributed by atoms with Crippen LogP contribution in [0, 0.1) is 11.3 Å². The van der Waals surface area contributed by atoms with Crippen LogP contribution in [-0.2, 0) is 9.59 Å². The molecule has 2 saturated carbocycles. The molecule has 2 N–H and O–H groups in total. The molecule has 0 aromatic heterocycles. The fourth-order valence-corrected chi connectivity index (χ4v) is 3.25. The van der Waals surface area contributed by atoms with E-state index in [-0.39, 0.29) is 23.3 Å². The second kappa shape index (κ2) is 5.29. The molecule has 4 nitrogen and oxygen atoms in total. The van der Waals surface area contributed by atoms with Crippen molar-refractivity contribution < 1.29 is 14.7 Å². The van der Waals surface area contributed by atoms with Gasteiger partial charge in [-0.3, -0.25) is 9.59 Å². The van der Waals surface area contributed by atoms with Gasteiger partial charge in [0.15, 0.2) is 0 Å². The molecule has 0 atom stereocenters. The summed E-state index contributed by atoms with van der Waals surface area (Å²) in [6.45, 7) is 2.09. The van der Waals surface area contributed by atoms with Crippen molar-refractivity contribution in [3.63, 3.8) is 0 Å². The van der Waals surface area contributed by atoms with Gasteiger partial charge in [0, 0.05) is 11.5 Å². The Kier molecular flexibility index (Phi) is 3.93. The molecule has 102 valence electrons. The van der Waals surface area contributed by atoms with Crippen molar-refractivity contribution in [2.24, 2.45) is 11.3 Å². The molecule has 2 aliphatic carbocycles. The third-order valence-electron chi connectivity index (χ3n) is 4.79. The molecule has 2 rings (SSSR count). The lowest BCUT2D eigenvalue weighted by Crippen LogP contribution is -2.52. The number of carboxylic acid groups (broad SMARTS) is 1. The Morgan fingerprint density at radius 2 is 1.83 bits per heavy atom. The van der Waals surface area contributed by atoms with Crippen molar-refractivity contribution in [3.05, 3.63) is 0 Å². The van der Waals surface area contributed by atoms with Crippen LogP contribution in [0.25, 0.3) is 0 Å². The van der Waals surface area contributed by atoms with Gasteiger partial charge in [-0.2, -0.15) is 0 Å². The fraction of sp³-hybridized carbons (Fsp3) is 0.857. The molecule has 18 heavy (non-hydrogen) atoms. The molecule has 0 saturated heterocycles. The summed E-state index contributed by atoms with van der Waals surface area (Å²) in [6, 6.07) is 0.0870. The predicted octanol–water partition coefficient (Wildman–Crippen LogP) is 2.33. The summed E-state index contributed by atoms with van der Waals surface area (Å²) in [6.07, 6.45) is 7.59. The molecule has 0 aromatic carbocycles. The Morgan fingerprint density at radius 3 is 2.33 bits per heavy atom. The molecule has 1 amide bonds. The van der Waals surface area contributed by atoms with E-state index in [0.717, 1.165) is 32.1 Å². The molecule has 4 heteroatoms. The lowest BCUT2D eigenvalue weighted by Gasteiger charge is -2.39. The minimum Gasteiger partial charge on any atom is -0.481 e. The number of amides is 1. The summed E-state index contributed by atoms with van der Waals surface area (Å²) in [7, 11) is 0. The van der Waals surface area contributed by atoms with Crippen molar-refractivity contribution in [2.75, 3.05) is 0 Å². The Balaban J connectivity index is 1.85. The van der Waals surface area contributed by atoms with Crippen molar-refractivity contribution in [1.82, 2.24) is 5.32 Å². The SMILES string of the molecule is CCC1(C(=O)NC2CC(C(=O)O)C2)CCCCC1. The first-order valence-corrected chi connectivity index (χ1v) is 7.11. The topological polar surface area (TPSA) is 66.4 Å². The van der Waals surface area contributed by atoms with E-state index in [4.69, 9.17) is 5.11 Å². The summed E-state index contributed by atoms with van der Waals surface area (Å²) in [5.74, 6) is -0.818. The second-order valence-electron chi connectivity index (χ2n) is 5.87. The maximum absolute atomic E-state index is 12.4. The number of carboxylic acids is 1. The number of carbonyl (C=O) groups is 2. The quantitative estimate of drug-likeness (QED) is 0.808. The van der Waals surface area contributed by atoms with Gasteiger partial charge in [0.05, 0.1) is 5.92 Å². The first-order valence-electron chi connectivity index (χ1n) is 7.11. The number of aliphatic carboxylic acids is 1. The highest BCUT2D eigenvalue weighted by Gasteiger charge is 2.41. The van der Waals surface area contributed by atoms with E-state index in [1.165, 1.54) is 6.42 Å². The molecule has 2 aliphatic rings. The van der Waals surface area contributed by atoms with Gasteiger partial charge < -0.3 is 10.4 Å². The summed E-state index contributed by atoms with van der Waals surface area (Å²) in [5, 5.41) is 11.9. The smallest absolute Gasteiger partial charge is 0.306 e. The standard InChI is InChI=1S/C14H23NO3/c1-2-14(6-4-3-5-7-14)13(18)15-11-8-10(9-11)12(16)17/h10-11H,2-9H2,1H3,(H,15,18)(H,16,17). The minimum atomic E-state index is -0.733. The monoisotopic (exact) mass is 253 g/mol. The van der Waals surface area contributed by atoms with E-state index in [0.29, 0.717) is 12.8 Å². The van der Waals surface area contributed by atoms with Gasteiger partial charge in [-0.1, -0.05) is 26.2 Å². The van der Waals surface area contributed by atoms with Gasteiger partial charge in [0.1, 0.15) is 0 Å². The summed E-state index contributed by atoms with van der Waals surface area (Å²) in [4.78, 5) is 23.1. The van der Waals surface area contributed by atoms with Crippen LogP contribution in [0.4, 0.5) is 0 Å². The van der Waals surface area contributed by atoms with Crippen LogP contribution in [0.5, 0.6) is 0 Å². The van der Waals surface area contributed by atoms with E-state index >= 15 is 0 Å². The maximum atomic E-state index is 12.4. The Hall–Kier alpha value is -1.06. The first kappa shape index (κ1) is 13.4. The highest BCUT2D eigenvalue weighted by Crippen LogP contribution is 2.40. The van der Waals surface area contributed by atoms with Crippen LogP contribution < -0.4 is 5.32 Å². The molecular weight excluding hydrogens is 230 g/mol. The normalized spacial score (nSPS) is 30.3. The van der Waals surface area contributed by atoms with Crippen molar-refractivity contribution in [3.8, 4) is 0 Å². The zero-order chi connectivity index (χ0) is 13.2. The Labute approximate surface area is 108 Å². The van der Waals surface area contributed by atoms with Gasteiger partial charge in [-0.25, -0.2) is 0 Å². The number of carbonyl (C=O) groups excluding carboxylic acids is 1.